The molecule has 126 valence electrons. The van der Waals surface area contributed by atoms with Gasteiger partial charge in [0.2, 0.25) is 5.91 Å². The van der Waals surface area contributed by atoms with Crippen molar-refractivity contribution < 1.29 is 4.79 Å². The third-order valence-electron chi connectivity index (χ3n) is 4.24. The molecule has 0 radical (unpaired) electrons. The second-order valence-corrected chi connectivity index (χ2v) is 5.97. The van der Waals surface area contributed by atoms with Crippen LogP contribution in [0.2, 0.25) is 0 Å². The predicted molar refractivity (Wildman–Crippen MR) is 103 cm³/mol. The van der Waals surface area contributed by atoms with Gasteiger partial charge < -0.3 is 5.73 Å². The average molecular weight is 339 g/mol. The molecule has 0 unspecified atom stereocenters. The molecule has 0 saturated carbocycles. The van der Waals surface area contributed by atoms with Gasteiger partial charge in [-0.25, -0.2) is 4.68 Å². The summed E-state index contributed by atoms with van der Waals surface area (Å²) in [5.41, 5.74) is 10.7. The molecular formula is C22H17N3O. The summed E-state index contributed by atoms with van der Waals surface area (Å²) in [6.45, 7) is 0. The van der Waals surface area contributed by atoms with E-state index < -0.39 is 5.91 Å². The zero-order chi connectivity index (χ0) is 17.9. The van der Waals surface area contributed by atoms with E-state index in [1.807, 2.05) is 77.5 Å². The molecule has 4 heteroatoms. The van der Waals surface area contributed by atoms with Gasteiger partial charge in [-0.05, 0) is 30.3 Å². The van der Waals surface area contributed by atoms with E-state index in [1.54, 1.807) is 12.1 Å². The second-order valence-electron chi connectivity index (χ2n) is 5.97. The molecule has 0 saturated heterocycles. The van der Waals surface area contributed by atoms with E-state index in [9.17, 15) is 4.79 Å². The Bertz CT molecular complexity index is 1040. The van der Waals surface area contributed by atoms with Crippen molar-refractivity contribution in [2.75, 3.05) is 0 Å². The fourth-order valence-corrected chi connectivity index (χ4v) is 2.91. The number of benzene rings is 3. The molecule has 0 fully saturated rings. The number of aromatic nitrogens is 2. The van der Waals surface area contributed by atoms with Crippen LogP contribution in [-0.4, -0.2) is 15.7 Å². The van der Waals surface area contributed by atoms with E-state index in [-0.39, 0.29) is 0 Å². The largest absolute Gasteiger partial charge is 0.366 e. The van der Waals surface area contributed by atoms with Gasteiger partial charge in [0.05, 0.1) is 17.1 Å². The minimum atomic E-state index is -0.432. The lowest BCUT2D eigenvalue weighted by molar-refractivity contribution is 0.100. The van der Waals surface area contributed by atoms with Gasteiger partial charge in [-0.15, -0.1) is 0 Å². The SMILES string of the molecule is NC(=O)c1ccc(-c2cc(-c3ccccc3)nn2-c2ccccc2)cc1. The molecule has 1 aromatic heterocycles. The monoisotopic (exact) mass is 339 g/mol. The molecule has 3 aromatic carbocycles. The van der Waals surface area contributed by atoms with Crippen LogP contribution in [0.1, 0.15) is 10.4 Å². The molecule has 26 heavy (non-hydrogen) atoms. The Morgan fingerprint density at radius 2 is 1.38 bits per heavy atom. The maximum atomic E-state index is 11.3. The minimum Gasteiger partial charge on any atom is -0.366 e. The molecule has 0 aliphatic carbocycles. The number of primary amides is 1. The molecule has 4 rings (SSSR count). The normalized spacial score (nSPS) is 10.6. The van der Waals surface area contributed by atoms with Gasteiger partial charge in [-0.2, -0.15) is 5.10 Å². The highest BCUT2D eigenvalue weighted by atomic mass is 16.1. The van der Waals surface area contributed by atoms with Crippen LogP contribution < -0.4 is 5.73 Å². The van der Waals surface area contributed by atoms with Gasteiger partial charge in [-0.3, -0.25) is 4.79 Å². The number of carbonyl (C=O) groups is 1. The van der Waals surface area contributed by atoms with Crippen molar-refractivity contribution in [3.05, 3.63) is 96.6 Å². The van der Waals surface area contributed by atoms with Crippen LogP contribution in [0.4, 0.5) is 0 Å². The van der Waals surface area contributed by atoms with Gasteiger partial charge in [0, 0.05) is 16.7 Å². The van der Waals surface area contributed by atoms with E-state index in [0.29, 0.717) is 5.56 Å². The van der Waals surface area contributed by atoms with Crippen molar-refractivity contribution in [2.45, 2.75) is 0 Å². The van der Waals surface area contributed by atoms with Crippen LogP contribution in [0.15, 0.2) is 91.0 Å². The van der Waals surface area contributed by atoms with Crippen LogP contribution in [0.3, 0.4) is 0 Å². The number of hydrogen-bond acceptors (Lipinski definition) is 2. The van der Waals surface area contributed by atoms with Crippen LogP contribution in [0, 0.1) is 0 Å². The molecule has 0 aliphatic rings. The third-order valence-corrected chi connectivity index (χ3v) is 4.24. The van der Waals surface area contributed by atoms with Crippen molar-refractivity contribution in [3.8, 4) is 28.2 Å². The Hall–Kier alpha value is -3.66. The predicted octanol–water partition coefficient (Wildman–Crippen LogP) is 4.31. The number of nitrogens with two attached hydrogens (primary N) is 1. The number of rotatable bonds is 4. The molecule has 0 spiro atoms. The first-order valence-electron chi connectivity index (χ1n) is 8.33. The summed E-state index contributed by atoms with van der Waals surface area (Å²) in [5.74, 6) is -0.432. The second kappa shape index (κ2) is 6.69. The first-order valence-corrected chi connectivity index (χ1v) is 8.33. The Balaban J connectivity index is 1.87. The van der Waals surface area contributed by atoms with E-state index in [1.165, 1.54) is 0 Å². The Morgan fingerprint density at radius 3 is 2.00 bits per heavy atom. The zero-order valence-electron chi connectivity index (χ0n) is 14.0. The van der Waals surface area contributed by atoms with Crippen molar-refractivity contribution in [3.63, 3.8) is 0 Å². The van der Waals surface area contributed by atoms with E-state index >= 15 is 0 Å². The smallest absolute Gasteiger partial charge is 0.248 e. The summed E-state index contributed by atoms with van der Waals surface area (Å²) in [7, 11) is 0. The maximum Gasteiger partial charge on any atom is 0.248 e. The van der Waals surface area contributed by atoms with Crippen LogP contribution >= 0.6 is 0 Å². The average Bonchev–Trinajstić information content (AvgIpc) is 3.15. The van der Waals surface area contributed by atoms with Gasteiger partial charge >= 0.3 is 0 Å². The highest BCUT2D eigenvalue weighted by Gasteiger charge is 2.13. The van der Waals surface area contributed by atoms with Crippen molar-refractivity contribution in [2.24, 2.45) is 5.73 Å². The summed E-state index contributed by atoms with van der Waals surface area (Å²) in [6.07, 6.45) is 0. The number of para-hydroxylation sites is 1. The quantitative estimate of drug-likeness (QED) is 0.602. The lowest BCUT2D eigenvalue weighted by atomic mass is 10.1. The topological polar surface area (TPSA) is 60.9 Å². The van der Waals surface area contributed by atoms with Gasteiger partial charge in [0.15, 0.2) is 0 Å². The third kappa shape index (κ3) is 3.00. The Kier molecular flexibility index (Phi) is 4.07. The molecular weight excluding hydrogens is 322 g/mol. The van der Waals surface area contributed by atoms with Gasteiger partial charge in [0.1, 0.15) is 0 Å². The molecule has 0 atom stereocenters. The van der Waals surface area contributed by atoms with E-state index in [4.69, 9.17) is 10.8 Å². The highest BCUT2D eigenvalue weighted by Crippen LogP contribution is 2.28. The highest BCUT2D eigenvalue weighted by molar-refractivity contribution is 5.93. The molecule has 2 N–H and O–H groups in total. The summed E-state index contributed by atoms with van der Waals surface area (Å²) in [4.78, 5) is 11.3. The maximum absolute atomic E-state index is 11.3. The number of carbonyl (C=O) groups excluding carboxylic acids is 1. The van der Waals surface area contributed by atoms with Crippen LogP contribution in [0.25, 0.3) is 28.2 Å². The molecule has 4 aromatic rings. The summed E-state index contributed by atoms with van der Waals surface area (Å²) >= 11 is 0. The Morgan fingerprint density at radius 1 is 0.769 bits per heavy atom. The summed E-state index contributed by atoms with van der Waals surface area (Å²) < 4.78 is 1.92. The summed E-state index contributed by atoms with van der Waals surface area (Å²) in [5, 5.41) is 4.81. The molecule has 0 aliphatic heterocycles. The van der Waals surface area contributed by atoms with Crippen molar-refractivity contribution >= 4 is 5.91 Å². The van der Waals surface area contributed by atoms with Crippen molar-refractivity contribution in [1.29, 1.82) is 0 Å². The minimum absolute atomic E-state index is 0.432. The molecule has 1 heterocycles. The molecule has 0 bridgehead atoms. The van der Waals surface area contributed by atoms with Gasteiger partial charge in [0.25, 0.3) is 0 Å². The first-order chi connectivity index (χ1) is 12.7. The van der Waals surface area contributed by atoms with E-state index in [2.05, 4.69) is 6.07 Å². The lowest BCUT2D eigenvalue weighted by Gasteiger charge is -2.07. The lowest BCUT2D eigenvalue weighted by Crippen LogP contribution is -2.10. The standard InChI is InChI=1S/C22H17N3O/c23-22(26)18-13-11-17(12-14-18)21-15-20(16-7-3-1-4-8-16)24-25(21)19-9-5-2-6-10-19/h1-15H,(H2,23,26). The van der Waals surface area contributed by atoms with Crippen LogP contribution in [-0.2, 0) is 0 Å². The van der Waals surface area contributed by atoms with E-state index in [0.717, 1.165) is 28.2 Å². The van der Waals surface area contributed by atoms with Crippen LogP contribution in [0.5, 0.6) is 0 Å². The number of hydrogen-bond donors (Lipinski definition) is 1. The summed E-state index contributed by atoms with van der Waals surface area (Å²) in [6, 6.07) is 29.4. The fourth-order valence-electron chi connectivity index (χ4n) is 2.91. The van der Waals surface area contributed by atoms with Gasteiger partial charge in [-0.1, -0.05) is 60.7 Å². The van der Waals surface area contributed by atoms with Crippen molar-refractivity contribution in [1.82, 2.24) is 9.78 Å². The number of amides is 1. The zero-order valence-corrected chi connectivity index (χ0v) is 14.0. The number of nitrogens with zero attached hydrogens (tertiary/aromatic N) is 2. The molecule has 1 amide bonds. The first kappa shape index (κ1) is 15.8. The Labute approximate surface area is 151 Å². The molecule has 4 nitrogen and oxygen atoms in total. The fraction of sp³-hybridized carbons (Fsp3) is 0.